The lowest BCUT2D eigenvalue weighted by Gasteiger charge is -2.29. The zero-order valence-corrected chi connectivity index (χ0v) is 13.0. The number of hydrogen-bond acceptors (Lipinski definition) is 4. The molecular weight excluding hydrogens is 278 g/mol. The van der Waals surface area contributed by atoms with E-state index in [-0.39, 0.29) is 5.56 Å². The molecule has 1 N–H and O–H groups in total. The SMILES string of the molecule is CCCCOn1c(=O)ccc2ccc(N3CCNCC3)cc21. The molecule has 0 aliphatic carbocycles. The van der Waals surface area contributed by atoms with E-state index in [1.165, 1.54) is 4.73 Å². The fourth-order valence-electron chi connectivity index (χ4n) is 2.75. The van der Waals surface area contributed by atoms with Crippen LogP contribution in [0.15, 0.2) is 35.1 Å². The van der Waals surface area contributed by atoms with Crippen LogP contribution in [0, 0.1) is 0 Å². The molecule has 0 bridgehead atoms. The highest BCUT2D eigenvalue weighted by Crippen LogP contribution is 2.21. The number of fused-ring (bicyclic) bond motifs is 1. The van der Waals surface area contributed by atoms with Crippen molar-refractivity contribution < 1.29 is 4.84 Å². The molecular formula is C17H23N3O2. The maximum absolute atomic E-state index is 12.1. The van der Waals surface area contributed by atoms with Crippen LogP contribution in [0.3, 0.4) is 0 Å². The van der Waals surface area contributed by atoms with Crippen molar-refractivity contribution in [2.45, 2.75) is 19.8 Å². The summed E-state index contributed by atoms with van der Waals surface area (Å²) >= 11 is 0. The zero-order valence-electron chi connectivity index (χ0n) is 13.0. The molecule has 1 saturated heterocycles. The normalized spacial score (nSPS) is 15.2. The molecule has 0 spiro atoms. The summed E-state index contributed by atoms with van der Waals surface area (Å²) in [5, 5.41) is 4.38. The Balaban J connectivity index is 1.97. The van der Waals surface area contributed by atoms with Crippen LogP contribution in [-0.2, 0) is 0 Å². The van der Waals surface area contributed by atoms with Crippen LogP contribution in [0.25, 0.3) is 10.9 Å². The van der Waals surface area contributed by atoms with Gasteiger partial charge in [-0.1, -0.05) is 19.4 Å². The number of nitrogens with one attached hydrogen (secondary N) is 1. The van der Waals surface area contributed by atoms with Crippen molar-refractivity contribution in [1.29, 1.82) is 0 Å². The monoisotopic (exact) mass is 301 g/mol. The summed E-state index contributed by atoms with van der Waals surface area (Å²) in [7, 11) is 0. The van der Waals surface area contributed by atoms with E-state index in [1.54, 1.807) is 6.07 Å². The quantitative estimate of drug-likeness (QED) is 0.853. The van der Waals surface area contributed by atoms with E-state index >= 15 is 0 Å². The molecule has 0 atom stereocenters. The Hall–Kier alpha value is -2.01. The van der Waals surface area contributed by atoms with Crippen LogP contribution >= 0.6 is 0 Å². The van der Waals surface area contributed by atoms with Crippen molar-refractivity contribution in [2.75, 3.05) is 37.7 Å². The van der Waals surface area contributed by atoms with Crippen molar-refractivity contribution in [1.82, 2.24) is 10.0 Å². The lowest BCUT2D eigenvalue weighted by molar-refractivity contribution is 0.109. The second kappa shape index (κ2) is 6.83. The van der Waals surface area contributed by atoms with E-state index in [4.69, 9.17) is 4.84 Å². The Kier molecular flexibility index (Phi) is 4.63. The van der Waals surface area contributed by atoms with E-state index in [2.05, 4.69) is 35.3 Å². The smallest absolute Gasteiger partial charge is 0.283 e. The van der Waals surface area contributed by atoms with Crippen LogP contribution < -0.4 is 20.6 Å². The summed E-state index contributed by atoms with van der Waals surface area (Å²) in [6.07, 6.45) is 1.99. The van der Waals surface area contributed by atoms with Gasteiger partial charge in [0, 0.05) is 43.3 Å². The van der Waals surface area contributed by atoms with Gasteiger partial charge in [-0.2, -0.15) is 0 Å². The molecule has 0 radical (unpaired) electrons. The number of unbranched alkanes of at least 4 members (excludes halogenated alkanes) is 1. The van der Waals surface area contributed by atoms with Crippen molar-refractivity contribution in [3.05, 3.63) is 40.7 Å². The number of anilines is 1. The van der Waals surface area contributed by atoms with Gasteiger partial charge in [-0.05, 0) is 24.6 Å². The number of aromatic nitrogens is 1. The number of nitrogens with zero attached hydrogens (tertiary/aromatic N) is 2. The molecule has 3 rings (SSSR count). The third-order valence-corrected chi connectivity index (χ3v) is 4.04. The van der Waals surface area contributed by atoms with Crippen LogP contribution in [0.5, 0.6) is 0 Å². The van der Waals surface area contributed by atoms with Gasteiger partial charge in [0.2, 0.25) is 0 Å². The molecule has 5 heteroatoms. The second-order valence-electron chi connectivity index (χ2n) is 5.63. The molecule has 2 aromatic rings. The van der Waals surface area contributed by atoms with Gasteiger partial charge in [-0.3, -0.25) is 4.79 Å². The number of hydrogen-bond donors (Lipinski definition) is 1. The van der Waals surface area contributed by atoms with Crippen LogP contribution in [0.2, 0.25) is 0 Å². The molecule has 0 saturated carbocycles. The van der Waals surface area contributed by atoms with E-state index < -0.39 is 0 Å². The Bertz CT molecular complexity index is 690. The van der Waals surface area contributed by atoms with Crippen LogP contribution in [0.4, 0.5) is 5.69 Å². The maximum atomic E-state index is 12.1. The largest absolute Gasteiger partial charge is 0.410 e. The molecule has 1 aliphatic rings. The molecule has 22 heavy (non-hydrogen) atoms. The van der Waals surface area contributed by atoms with Gasteiger partial charge in [-0.25, -0.2) is 0 Å². The third kappa shape index (κ3) is 3.09. The Morgan fingerprint density at radius 1 is 1.18 bits per heavy atom. The number of pyridine rings is 1. The average Bonchev–Trinajstić information content (AvgIpc) is 2.57. The highest BCUT2D eigenvalue weighted by Gasteiger charge is 2.12. The molecule has 1 aromatic carbocycles. The summed E-state index contributed by atoms with van der Waals surface area (Å²) in [4.78, 5) is 20.2. The fourth-order valence-corrected chi connectivity index (χ4v) is 2.75. The van der Waals surface area contributed by atoms with Crippen molar-refractivity contribution in [3.8, 4) is 0 Å². The van der Waals surface area contributed by atoms with Crippen molar-refractivity contribution in [3.63, 3.8) is 0 Å². The molecule has 1 fully saturated rings. The van der Waals surface area contributed by atoms with E-state index in [0.29, 0.717) is 6.61 Å². The summed E-state index contributed by atoms with van der Waals surface area (Å²) in [5.41, 5.74) is 1.88. The molecule has 2 heterocycles. The molecule has 1 aromatic heterocycles. The fraction of sp³-hybridized carbons (Fsp3) is 0.471. The highest BCUT2D eigenvalue weighted by atomic mass is 16.7. The van der Waals surface area contributed by atoms with Gasteiger partial charge in [0.05, 0.1) is 5.52 Å². The maximum Gasteiger partial charge on any atom is 0.283 e. The standard InChI is InChI=1S/C17H23N3O2/c1-2-3-12-22-20-16-13-15(19-10-8-18-9-11-19)6-4-14(16)5-7-17(20)21/h4-7,13,18H,2-3,8-12H2,1H3. The van der Waals surface area contributed by atoms with Gasteiger partial charge in [0.1, 0.15) is 6.61 Å². The predicted molar refractivity (Wildman–Crippen MR) is 89.6 cm³/mol. The third-order valence-electron chi connectivity index (χ3n) is 4.04. The number of rotatable bonds is 5. The predicted octanol–water partition coefficient (Wildman–Crippen LogP) is 1.64. The number of piperazine rings is 1. The van der Waals surface area contributed by atoms with Gasteiger partial charge in [0.25, 0.3) is 5.56 Å². The molecule has 0 unspecified atom stereocenters. The van der Waals surface area contributed by atoms with Gasteiger partial charge < -0.3 is 15.1 Å². The molecule has 5 nitrogen and oxygen atoms in total. The summed E-state index contributed by atoms with van der Waals surface area (Å²) < 4.78 is 1.44. The van der Waals surface area contributed by atoms with E-state index in [9.17, 15) is 4.79 Å². The minimum absolute atomic E-state index is 0.110. The van der Waals surface area contributed by atoms with E-state index in [1.807, 2.05) is 6.07 Å². The minimum Gasteiger partial charge on any atom is -0.410 e. The Morgan fingerprint density at radius 3 is 2.73 bits per heavy atom. The van der Waals surface area contributed by atoms with Gasteiger partial charge in [0.15, 0.2) is 0 Å². The van der Waals surface area contributed by atoms with Gasteiger partial charge >= 0.3 is 0 Å². The number of benzene rings is 1. The summed E-state index contributed by atoms with van der Waals surface area (Å²) in [5.74, 6) is 0. The lowest BCUT2D eigenvalue weighted by Crippen LogP contribution is -2.43. The second-order valence-corrected chi connectivity index (χ2v) is 5.63. The first kappa shape index (κ1) is 14.9. The zero-order chi connectivity index (χ0) is 15.4. The minimum atomic E-state index is -0.110. The lowest BCUT2D eigenvalue weighted by atomic mass is 10.2. The van der Waals surface area contributed by atoms with Crippen molar-refractivity contribution >= 4 is 16.6 Å². The first-order chi connectivity index (χ1) is 10.8. The van der Waals surface area contributed by atoms with E-state index in [0.717, 1.165) is 55.6 Å². The first-order valence-electron chi connectivity index (χ1n) is 8.04. The first-order valence-corrected chi connectivity index (χ1v) is 8.04. The molecule has 0 amide bonds. The summed E-state index contributed by atoms with van der Waals surface area (Å²) in [6, 6.07) is 9.67. The van der Waals surface area contributed by atoms with Crippen LogP contribution in [0.1, 0.15) is 19.8 Å². The van der Waals surface area contributed by atoms with Crippen LogP contribution in [-0.4, -0.2) is 37.5 Å². The highest BCUT2D eigenvalue weighted by molar-refractivity contribution is 5.82. The molecule has 118 valence electrons. The van der Waals surface area contributed by atoms with Crippen molar-refractivity contribution in [2.24, 2.45) is 0 Å². The Labute approximate surface area is 130 Å². The molecule has 1 aliphatic heterocycles. The average molecular weight is 301 g/mol. The summed E-state index contributed by atoms with van der Waals surface area (Å²) in [6.45, 7) is 6.63. The van der Waals surface area contributed by atoms with Gasteiger partial charge in [-0.15, -0.1) is 4.73 Å². The Morgan fingerprint density at radius 2 is 1.95 bits per heavy atom. The topological polar surface area (TPSA) is 46.5 Å².